The molecular weight excluding hydrogens is 424 g/mol. The Hall–Kier alpha value is -3.76. The van der Waals surface area contributed by atoms with Crippen molar-refractivity contribution in [2.75, 3.05) is 33.1 Å². The summed E-state index contributed by atoms with van der Waals surface area (Å²) >= 11 is 0. The minimum Gasteiger partial charge on any atom is -0.454 e. The molecule has 0 amide bonds. The highest BCUT2D eigenvalue weighted by atomic mass is 16.7. The molecule has 1 atom stereocenters. The van der Waals surface area contributed by atoms with Crippen molar-refractivity contribution < 1.29 is 14.2 Å². The van der Waals surface area contributed by atoms with Crippen LogP contribution in [0.1, 0.15) is 23.0 Å². The Kier molecular flexibility index (Phi) is 5.00. The summed E-state index contributed by atoms with van der Waals surface area (Å²) in [6.45, 7) is 3.19. The number of fused-ring (bicyclic) bond motifs is 2. The van der Waals surface area contributed by atoms with E-state index in [1.807, 2.05) is 42.5 Å². The number of hydrogen-bond acceptors (Lipinski definition) is 8. The molecule has 33 heavy (non-hydrogen) atoms. The zero-order valence-electron chi connectivity index (χ0n) is 17.8. The van der Waals surface area contributed by atoms with Crippen molar-refractivity contribution in [3.8, 4) is 11.5 Å². The number of nitrogens with one attached hydrogen (secondary N) is 1. The third-order valence-corrected chi connectivity index (χ3v) is 6.05. The van der Waals surface area contributed by atoms with Crippen LogP contribution in [0.25, 0.3) is 10.9 Å². The molecule has 10 nitrogen and oxygen atoms in total. The molecule has 2 aliphatic rings. The summed E-state index contributed by atoms with van der Waals surface area (Å²) in [5.74, 6) is 1.91. The normalized spacial score (nSPS) is 16.8. The van der Waals surface area contributed by atoms with Gasteiger partial charge in [0.15, 0.2) is 17.3 Å². The molecule has 0 spiro atoms. The number of ether oxygens (including phenoxy) is 3. The first-order chi connectivity index (χ1) is 16.3. The van der Waals surface area contributed by atoms with E-state index in [0.29, 0.717) is 61.3 Å². The van der Waals surface area contributed by atoms with Crippen LogP contribution in [0.3, 0.4) is 0 Å². The van der Waals surface area contributed by atoms with Gasteiger partial charge in [0, 0.05) is 30.1 Å². The number of tetrazole rings is 1. The van der Waals surface area contributed by atoms with Gasteiger partial charge in [0.1, 0.15) is 6.04 Å². The lowest BCUT2D eigenvalue weighted by Crippen LogP contribution is -2.42. The van der Waals surface area contributed by atoms with Gasteiger partial charge in [0.05, 0.1) is 25.3 Å². The van der Waals surface area contributed by atoms with E-state index in [0.717, 1.165) is 10.9 Å². The highest BCUT2D eigenvalue weighted by Crippen LogP contribution is 2.36. The van der Waals surface area contributed by atoms with E-state index in [1.165, 1.54) is 0 Å². The van der Waals surface area contributed by atoms with Gasteiger partial charge < -0.3 is 19.2 Å². The first kappa shape index (κ1) is 19.9. The summed E-state index contributed by atoms with van der Waals surface area (Å²) in [5.41, 5.74) is 2.16. The fourth-order valence-electron chi connectivity index (χ4n) is 4.43. The highest BCUT2D eigenvalue weighted by Gasteiger charge is 2.32. The Morgan fingerprint density at radius 2 is 1.82 bits per heavy atom. The van der Waals surface area contributed by atoms with Gasteiger partial charge in [-0.25, -0.2) is 4.68 Å². The quantitative estimate of drug-likeness (QED) is 0.494. The Labute approximate surface area is 188 Å². The van der Waals surface area contributed by atoms with Crippen LogP contribution in [0.15, 0.2) is 53.3 Å². The molecule has 4 heterocycles. The summed E-state index contributed by atoms with van der Waals surface area (Å²) in [7, 11) is 0. The van der Waals surface area contributed by atoms with Gasteiger partial charge in [0.25, 0.3) is 5.56 Å². The predicted octanol–water partition coefficient (Wildman–Crippen LogP) is 1.71. The van der Waals surface area contributed by atoms with E-state index in [4.69, 9.17) is 14.2 Å². The molecule has 168 valence electrons. The number of pyridine rings is 1. The molecule has 1 N–H and O–H groups in total. The number of rotatable bonds is 5. The van der Waals surface area contributed by atoms with Crippen molar-refractivity contribution in [1.82, 2.24) is 30.1 Å². The van der Waals surface area contributed by atoms with Crippen molar-refractivity contribution in [3.63, 3.8) is 0 Å². The Morgan fingerprint density at radius 1 is 1.03 bits per heavy atom. The fourth-order valence-corrected chi connectivity index (χ4v) is 4.43. The van der Waals surface area contributed by atoms with Crippen LogP contribution in [-0.2, 0) is 11.3 Å². The maximum atomic E-state index is 13.3. The summed E-state index contributed by atoms with van der Waals surface area (Å²) in [5, 5.41) is 13.4. The Balaban J connectivity index is 1.47. The van der Waals surface area contributed by atoms with Crippen molar-refractivity contribution >= 4 is 10.9 Å². The lowest BCUT2D eigenvalue weighted by molar-refractivity contribution is 0.0214. The van der Waals surface area contributed by atoms with Crippen molar-refractivity contribution in [3.05, 3.63) is 75.8 Å². The maximum absolute atomic E-state index is 13.3. The van der Waals surface area contributed by atoms with E-state index in [-0.39, 0.29) is 12.4 Å². The fraction of sp³-hybridized carbons (Fsp3) is 0.304. The van der Waals surface area contributed by atoms with Crippen LogP contribution in [0.4, 0.5) is 0 Å². The third kappa shape index (κ3) is 3.73. The average molecular weight is 446 g/mol. The first-order valence-electron chi connectivity index (χ1n) is 10.8. The molecule has 0 unspecified atom stereocenters. The lowest BCUT2D eigenvalue weighted by atomic mass is 10.0. The standard InChI is InChI=1S/C23H22N6O4/c30-23-17(10-16-11-19-20(33-14-32-19)12-18(16)24-23)21(28-6-8-31-9-7-28)22-25-26-27-29(22)13-15-4-2-1-3-5-15/h1-5,10-12,21H,6-9,13-14H2,(H,24,30)/t21-/m0/s1. The van der Waals surface area contributed by atoms with Gasteiger partial charge in [-0.1, -0.05) is 30.3 Å². The smallest absolute Gasteiger partial charge is 0.253 e. The molecule has 1 saturated heterocycles. The van der Waals surface area contributed by atoms with Gasteiger partial charge in [0.2, 0.25) is 6.79 Å². The van der Waals surface area contributed by atoms with Crippen LogP contribution >= 0.6 is 0 Å². The minimum atomic E-state index is -0.425. The molecule has 10 heteroatoms. The molecule has 2 aromatic heterocycles. The first-order valence-corrected chi connectivity index (χ1v) is 10.8. The molecule has 6 rings (SSSR count). The maximum Gasteiger partial charge on any atom is 0.253 e. The number of H-pyrrole nitrogens is 1. The summed E-state index contributed by atoms with van der Waals surface area (Å²) in [4.78, 5) is 18.5. The van der Waals surface area contributed by atoms with Crippen molar-refractivity contribution in [2.24, 2.45) is 0 Å². The molecular formula is C23H22N6O4. The highest BCUT2D eigenvalue weighted by molar-refractivity contribution is 5.83. The topological polar surface area (TPSA) is 107 Å². The minimum absolute atomic E-state index is 0.174. The molecule has 0 radical (unpaired) electrons. The third-order valence-electron chi connectivity index (χ3n) is 6.05. The largest absolute Gasteiger partial charge is 0.454 e. The second-order valence-electron chi connectivity index (χ2n) is 8.08. The van der Waals surface area contributed by atoms with Crippen LogP contribution < -0.4 is 15.0 Å². The van der Waals surface area contributed by atoms with Gasteiger partial charge in [-0.2, -0.15) is 0 Å². The second kappa shape index (κ2) is 8.30. The Bertz CT molecular complexity index is 1350. The zero-order chi connectivity index (χ0) is 22.2. The van der Waals surface area contributed by atoms with E-state index < -0.39 is 6.04 Å². The van der Waals surface area contributed by atoms with E-state index in [1.54, 1.807) is 10.7 Å². The molecule has 0 saturated carbocycles. The number of morpholine rings is 1. The predicted molar refractivity (Wildman–Crippen MR) is 118 cm³/mol. The molecule has 0 aliphatic carbocycles. The molecule has 0 bridgehead atoms. The van der Waals surface area contributed by atoms with E-state index in [9.17, 15) is 4.79 Å². The van der Waals surface area contributed by atoms with Gasteiger partial charge in [-0.3, -0.25) is 9.69 Å². The number of benzene rings is 2. The SMILES string of the molecule is O=c1[nH]c2cc3c(cc2cc1[C@@H](c1nnnn1Cc1ccccc1)N1CCOCC1)OCO3. The van der Waals surface area contributed by atoms with E-state index >= 15 is 0 Å². The van der Waals surface area contributed by atoms with Gasteiger partial charge in [-0.05, 0) is 28.1 Å². The number of hydrogen-bond donors (Lipinski definition) is 1. The van der Waals surface area contributed by atoms with Crippen LogP contribution in [0, 0.1) is 0 Å². The molecule has 2 aromatic carbocycles. The second-order valence-corrected chi connectivity index (χ2v) is 8.08. The molecule has 1 fully saturated rings. The van der Waals surface area contributed by atoms with Gasteiger partial charge >= 0.3 is 0 Å². The summed E-state index contributed by atoms with van der Waals surface area (Å²) in [6.07, 6.45) is 0. The summed E-state index contributed by atoms with van der Waals surface area (Å²) < 4.78 is 18.3. The Morgan fingerprint density at radius 3 is 2.64 bits per heavy atom. The van der Waals surface area contributed by atoms with E-state index in [2.05, 4.69) is 25.4 Å². The van der Waals surface area contributed by atoms with Crippen LogP contribution in [0.5, 0.6) is 11.5 Å². The number of aromatic amines is 1. The van der Waals surface area contributed by atoms with Crippen molar-refractivity contribution in [1.29, 1.82) is 0 Å². The van der Waals surface area contributed by atoms with Crippen LogP contribution in [-0.4, -0.2) is 63.2 Å². The number of aromatic nitrogens is 5. The number of nitrogens with zero attached hydrogens (tertiary/aromatic N) is 5. The monoisotopic (exact) mass is 446 g/mol. The van der Waals surface area contributed by atoms with Crippen molar-refractivity contribution in [2.45, 2.75) is 12.6 Å². The van der Waals surface area contributed by atoms with Gasteiger partial charge in [-0.15, -0.1) is 5.10 Å². The average Bonchev–Trinajstić information content (AvgIpc) is 3.49. The molecule has 4 aromatic rings. The lowest BCUT2D eigenvalue weighted by Gasteiger charge is -2.33. The van der Waals surface area contributed by atoms with Crippen LogP contribution in [0.2, 0.25) is 0 Å². The summed E-state index contributed by atoms with van der Waals surface area (Å²) in [6, 6.07) is 15.2. The zero-order valence-corrected chi connectivity index (χ0v) is 17.8. The molecule has 2 aliphatic heterocycles.